The number of anilines is 1. The van der Waals surface area contributed by atoms with Gasteiger partial charge in [0.1, 0.15) is 17.3 Å². The third-order valence-corrected chi connectivity index (χ3v) is 3.24. The summed E-state index contributed by atoms with van der Waals surface area (Å²) in [5.41, 5.74) is -0.191. The molecule has 0 unspecified atom stereocenters. The third kappa shape index (κ3) is 2.60. The maximum Gasteiger partial charge on any atom is 0.251 e. The van der Waals surface area contributed by atoms with Gasteiger partial charge >= 0.3 is 0 Å². The van der Waals surface area contributed by atoms with Crippen molar-refractivity contribution in [2.24, 2.45) is 0 Å². The van der Waals surface area contributed by atoms with E-state index in [1.807, 2.05) is 0 Å². The number of amides is 1. The fourth-order valence-electron chi connectivity index (χ4n) is 2.28. The highest BCUT2D eigenvalue weighted by atomic mass is 19.1. The first kappa shape index (κ1) is 12.8. The predicted octanol–water partition coefficient (Wildman–Crippen LogP) is 2.68. The number of hydrogen-bond acceptors (Lipinski definition) is 2. The second-order valence-electron chi connectivity index (χ2n) is 4.52. The molecule has 0 radical (unpaired) electrons. The summed E-state index contributed by atoms with van der Waals surface area (Å²) in [4.78, 5) is 11.8. The molecule has 0 atom stereocenters. The van der Waals surface area contributed by atoms with Crippen LogP contribution in [-0.4, -0.2) is 19.0 Å². The van der Waals surface area contributed by atoms with Gasteiger partial charge in [0.25, 0.3) is 5.91 Å². The lowest BCUT2D eigenvalue weighted by Crippen LogP contribution is -2.32. The van der Waals surface area contributed by atoms with Crippen LogP contribution in [0.25, 0.3) is 0 Å². The van der Waals surface area contributed by atoms with Gasteiger partial charge in [-0.2, -0.15) is 0 Å². The lowest BCUT2D eigenvalue weighted by Gasteiger charge is -2.13. The van der Waals surface area contributed by atoms with Crippen molar-refractivity contribution in [3.63, 3.8) is 0 Å². The first-order chi connectivity index (χ1) is 8.61. The maximum absolute atomic E-state index is 13.5. The number of carbonyl (C=O) groups excluding carboxylic acids is 1. The summed E-state index contributed by atoms with van der Waals surface area (Å²) in [6.07, 6.45) is 4.05. The zero-order valence-corrected chi connectivity index (χ0v) is 10.2. The number of nitrogens with one attached hydrogen (secondary N) is 2. The van der Waals surface area contributed by atoms with Crippen LogP contribution in [0.3, 0.4) is 0 Å². The molecule has 0 spiro atoms. The molecular formula is C13H16F2N2O. The minimum Gasteiger partial charge on any atom is -0.383 e. The summed E-state index contributed by atoms with van der Waals surface area (Å²) < 4.78 is 27.0. The van der Waals surface area contributed by atoms with E-state index in [9.17, 15) is 13.6 Å². The first-order valence-corrected chi connectivity index (χ1v) is 6.09. The van der Waals surface area contributed by atoms with Gasteiger partial charge in [-0.05, 0) is 25.0 Å². The molecule has 98 valence electrons. The normalized spacial score (nSPS) is 15.7. The Balaban J connectivity index is 2.15. The topological polar surface area (TPSA) is 41.1 Å². The minimum atomic E-state index is -0.755. The Morgan fingerprint density at radius 1 is 1.22 bits per heavy atom. The van der Waals surface area contributed by atoms with Crippen LogP contribution in [0.5, 0.6) is 0 Å². The van der Waals surface area contributed by atoms with Crippen molar-refractivity contribution in [1.82, 2.24) is 5.32 Å². The molecule has 1 amide bonds. The monoisotopic (exact) mass is 254 g/mol. The molecular weight excluding hydrogens is 238 g/mol. The van der Waals surface area contributed by atoms with Gasteiger partial charge in [-0.15, -0.1) is 0 Å². The molecule has 3 nitrogen and oxygen atoms in total. The standard InChI is InChI=1S/C13H16F2N2O/c1-16-12-10(14)6-8(7-11(12)15)13(18)17-9-4-2-3-5-9/h6-7,9,16H,2-5H2,1H3,(H,17,18). The van der Waals surface area contributed by atoms with Crippen LogP contribution in [-0.2, 0) is 0 Å². The average molecular weight is 254 g/mol. The second kappa shape index (κ2) is 5.33. The van der Waals surface area contributed by atoms with E-state index >= 15 is 0 Å². The molecule has 1 aliphatic rings. The fraction of sp³-hybridized carbons (Fsp3) is 0.462. The highest BCUT2D eigenvalue weighted by Gasteiger charge is 2.20. The van der Waals surface area contributed by atoms with E-state index in [4.69, 9.17) is 0 Å². The molecule has 2 rings (SSSR count). The number of benzene rings is 1. The van der Waals surface area contributed by atoms with Gasteiger partial charge in [-0.25, -0.2) is 8.78 Å². The SMILES string of the molecule is CNc1c(F)cc(C(=O)NC2CCCC2)cc1F. The number of hydrogen-bond donors (Lipinski definition) is 2. The van der Waals surface area contributed by atoms with Gasteiger partial charge < -0.3 is 10.6 Å². The van der Waals surface area contributed by atoms with E-state index < -0.39 is 17.5 Å². The summed E-state index contributed by atoms with van der Waals surface area (Å²) in [5, 5.41) is 5.22. The van der Waals surface area contributed by atoms with Crippen LogP contribution in [0.4, 0.5) is 14.5 Å². The molecule has 1 saturated carbocycles. The molecule has 1 aromatic carbocycles. The van der Waals surface area contributed by atoms with Gasteiger partial charge in [-0.1, -0.05) is 12.8 Å². The maximum atomic E-state index is 13.5. The van der Waals surface area contributed by atoms with Crippen LogP contribution in [0.15, 0.2) is 12.1 Å². The molecule has 18 heavy (non-hydrogen) atoms. The molecule has 1 aromatic rings. The molecule has 0 saturated heterocycles. The average Bonchev–Trinajstić information content (AvgIpc) is 2.81. The Labute approximate surface area is 105 Å². The molecule has 2 N–H and O–H groups in total. The Hall–Kier alpha value is -1.65. The quantitative estimate of drug-likeness (QED) is 0.870. The van der Waals surface area contributed by atoms with Crippen LogP contribution < -0.4 is 10.6 Å². The zero-order chi connectivity index (χ0) is 13.1. The Bertz CT molecular complexity index is 433. The Kier molecular flexibility index (Phi) is 3.79. The van der Waals surface area contributed by atoms with Crippen LogP contribution in [0.2, 0.25) is 0 Å². The van der Waals surface area contributed by atoms with E-state index in [0.29, 0.717) is 0 Å². The van der Waals surface area contributed by atoms with Crippen molar-refractivity contribution < 1.29 is 13.6 Å². The minimum absolute atomic E-state index is 0.0240. The van der Waals surface area contributed by atoms with Crippen LogP contribution >= 0.6 is 0 Å². The lowest BCUT2D eigenvalue weighted by molar-refractivity contribution is 0.0937. The van der Waals surface area contributed by atoms with Gasteiger partial charge in [0, 0.05) is 18.7 Å². The second-order valence-corrected chi connectivity index (χ2v) is 4.52. The van der Waals surface area contributed by atoms with Crippen LogP contribution in [0, 0.1) is 11.6 Å². The predicted molar refractivity (Wildman–Crippen MR) is 65.6 cm³/mol. The fourth-order valence-corrected chi connectivity index (χ4v) is 2.28. The van der Waals surface area contributed by atoms with E-state index in [1.54, 1.807) is 0 Å². The molecule has 0 aliphatic heterocycles. The number of halogens is 2. The van der Waals surface area contributed by atoms with E-state index in [2.05, 4.69) is 10.6 Å². The highest BCUT2D eigenvalue weighted by molar-refractivity contribution is 5.94. The van der Waals surface area contributed by atoms with E-state index in [0.717, 1.165) is 37.8 Å². The van der Waals surface area contributed by atoms with Crippen molar-refractivity contribution in [1.29, 1.82) is 0 Å². The highest BCUT2D eigenvalue weighted by Crippen LogP contribution is 2.21. The smallest absolute Gasteiger partial charge is 0.251 e. The Morgan fingerprint density at radius 2 is 1.78 bits per heavy atom. The van der Waals surface area contributed by atoms with Gasteiger partial charge in [0.15, 0.2) is 0 Å². The van der Waals surface area contributed by atoms with Gasteiger partial charge in [-0.3, -0.25) is 4.79 Å². The van der Waals surface area contributed by atoms with E-state index in [1.165, 1.54) is 7.05 Å². The molecule has 0 heterocycles. The zero-order valence-electron chi connectivity index (χ0n) is 10.2. The van der Waals surface area contributed by atoms with Crippen molar-refractivity contribution in [3.05, 3.63) is 29.3 Å². The van der Waals surface area contributed by atoms with Gasteiger partial charge in [0.2, 0.25) is 0 Å². The van der Waals surface area contributed by atoms with Crippen LogP contribution in [0.1, 0.15) is 36.0 Å². The molecule has 5 heteroatoms. The summed E-state index contributed by atoms with van der Waals surface area (Å²) >= 11 is 0. The number of rotatable bonds is 3. The summed E-state index contributed by atoms with van der Waals surface area (Å²) in [7, 11) is 1.43. The largest absolute Gasteiger partial charge is 0.383 e. The molecule has 1 fully saturated rings. The molecule has 1 aliphatic carbocycles. The van der Waals surface area contributed by atoms with Gasteiger partial charge in [0.05, 0.1) is 0 Å². The van der Waals surface area contributed by atoms with Crippen molar-refractivity contribution >= 4 is 11.6 Å². The lowest BCUT2D eigenvalue weighted by atomic mass is 10.1. The first-order valence-electron chi connectivity index (χ1n) is 6.09. The Morgan fingerprint density at radius 3 is 2.28 bits per heavy atom. The summed E-state index contributed by atoms with van der Waals surface area (Å²) in [6.45, 7) is 0. The molecule has 0 bridgehead atoms. The summed E-state index contributed by atoms with van der Waals surface area (Å²) in [6, 6.07) is 2.24. The number of carbonyl (C=O) groups is 1. The third-order valence-electron chi connectivity index (χ3n) is 3.24. The van der Waals surface area contributed by atoms with Crippen molar-refractivity contribution in [2.75, 3.05) is 12.4 Å². The van der Waals surface area contributed by atoms with Crippen molar-refractivity contribution in [3.8, 4) is 0 Å². The molecule has 0 aromatic heterocycles. The van der Waals surface area contributed by atoms with Crippen molar-refractivity contribution in [2.45, 2.75) is 31.7 Å². The summed E-state index contributed by atoms with van der Waals surface area (Å²) in [5.74, 6) is -1.93. The van der Waals surface area contributed by atoms with E-state index in [-0.39, 0.29) is 17.3 Å².